The van der Waals surface area contributed by atoms with E-state index in [1.54, 1.807) is 0 Å². The van der Waals surface area contributed by atoms with Crippen LogP contribution >= 0.6 is 24.0 Å². The molecule has 1 aliphatic rings. The van der Waals surface area contributed by atoms with Gasteiger partial charge in [-0.2, -0.15) is 22.0 Å². The van der Waals surface area contributed by atoms with Crippen LogP contribution in [0.4, 0.5) is 26.3 Å². The summed E-state index contributed by atoms with van der Waals surface area (Å²) < 4.78 is 80.4. The largest absolute Gasteiger partial charge is 0.434 e. The maximum Gasteiger partial charge on any atom is 0.401 e. The molecule has 160 valence electrons. The standard InChI is InChI=1S/C16H20F6N4O.HI/c1-23-15(25-10-5-6-26(8-10)9-16(20,21)22)24-7-11-12(17)3-2-4-13(11)27-14(18)19;/h2-4,10,14H,5-9H2,1H3,(H2,23,24,25);1H. The van der Waals surface area contributed by atoms with Crippen LogP contribution in [0.2, 0.25) is 0 Å². The number of aliphatic imine (C=N–C) groups is 1. The molecule has 0 saturated carbocycles. The second-order valence-electron chi connectivity index (χ2n) is 6.00. The molecule has 0 aromatic heterocycles. The minimum atomic E-state index is -4.26. The van der Waals surface area contributed by atoms with Gasteiger partial charge in [-0.3, -0.25) is 9.89 Å². The normalized spacial score (nSPS) is 18.1. The summed E-state index contributed by atoms with van der Waals surface area (Å²) in [5.41, 5.74) is -0.106. The van der Waals surface area contributed by atoms with Crippen molar-refractivity contribution in [2.24, 2.45) is 4.99 Å². The Hall–Kier alpha value is -1.44. The molecule has 2 N–H and O–H groups in total. The van der Waals surface area contributed by atoms with Gasteiger partial charge in [-0.25, -0.2) is 4.39 Å². The average Bonchev–Trinajstić information content (AvgIpc) is 2.97. The number of hydrogen-bond donors (Lipinski definition) is 2. The first-order valence-corrected chi connectivity index (χ1v) is 8.16. The van der Waals surface area contributed by atoms with Gasteiger partial charge < -0.3 is 15.4 Å². The molecule has 2 rings (SSSR count). The Kier molecular flexibility index (Phi) is 9.60. The first kappa shape index (κ1) is 24.6. The van der Waals surface area contributed by atoms with Crippen molar-refractivity contribution in [3.05, 3.63) is 29.6 Å². The molecule has 5 nitrogen and oxygen atoms in total. The van der Waals surface area contributed by atoms with Crippen molar-refractivity contribution < 1.29 is 31.1 Å². The smallest absolute Gasteiger partial charge is 0.401 e. The molecule has 1 aliphatic heterocycles. The van der Waals surface area contributed by atoms with Gasteiger partial charge in [-0.05, 0) is 18.6 Å². The van der Waals surface area contributed by atoms with Crippen LogP contribution in [-0.2, 0) is 6.54 Å². The molecule has 0 amide bonds. The monoisotopic (exact) mass is 526 g/mol. The number of benzene rings is 1. The Morgan fingerprint density at radius 3 is 2.68 bits per heavy atom. The van der Waals surface area contributed by atoms with Crippen LogP contribution < -0.4 is 15.4 Å². The van der Waals surface area contributed by atoms with E-state index in [-0.39, 0.29) is 66.9 Å². The number of ether oxygens (including phenoxy) is 1. The summed E-state index contributed by atoms with van der Waals surface area (Å²) in [5, 5.41) is 5.71. The molecule has 1 aromatic carbocycles. The van der Waals surface area contributed by atoms with Crippen molar-refractivity contribution in [2.45, 2.75) is 31.8 Å². The Bertz CT molecular complexity index is 659. The van der Waals surface area contributed by atoms with Crippen LogP contribution in [0.1, 0.15) is 12.0 Å². The summed E-state index contributed by atoms with van der Waals surface area (Å²) in [7, 11) is 1.44. The zero-order valence-electron chi connectivity index (χ0n) is 14.9. The first-order valence-electron chi connectivity index (χ1n) is 8.16. The summed E-state index contributed by atoms with van der Waals surface area (Å²) in [4.78, 5) is 5.20. The molecule has 0 spiro atoms. The molecule has 1 aromatic rings. The van der Waals surface area contributed by atoms with E-state index in [1.807, 2.05) is 0 Å². The van der Waals surface area contributed by atoms with Crippen molar-refractivity contribution in [1.29, 1.82) is 0 Å². The Morgan fingerprint density at radius 1 is 1.36 bits per heavy atom. The molecule has 1 saturated heterocycles. The lowest BCUT2D eigenvalue weighted by Crippen LogP contribution is -2.45. The lowest BCUT2D eigenvalue weighted by atomic mass is 10.2. The Morgan fingerprint density at radius 2 is 2.07 bits per heavy atom. The fourth-order valence-electron chi connectivity index (χ4n) is 2.82. The van der Waals surface area contributed by atoms with Gasteiger partial charge in [0, 0.05) is 38.3 Å². The van der Waals surface area contributed by atoms with Crippen LogP contribution in [-0.4, -0.2) is 56.4 Å². The lowest BCUT2D eigenvalue weighted by molar-refractivity contribution is -0.143. The topological polar surface area (TPSA) is 48.9 Å². The van der Waals surface area contributed by atoms with E-state index in [4.69, 9.17) is 0 Å². The van der Waals surface area contributed by atoms with Crippen molar-refractivity contribution in [1.82, 2.24) is 15.5 Å². The van der Waals surface area contributed by atoms with Gasteiger partial charge in [0.2, 0.25) is 0 Å². The van der Waals surface area contributed by atoms with Crippen LogP contribution in [0.5, 0.6) is 5.75 Å². The predicted molar refractivity (Wildman–Crippen MR) is 103 cm³/mol. The van der Waals surface area contributed by atoms with Crippen LogP contribution in [0.25, 0.3) is 0 Å². The summed E-state index contributed by atoms with van der Waals surface area (Å²) in [6.07, 6.45) is -3.78. The quantitative estimate of drug-likeness (QED) is 0.259. The second-order valence-corrected chi connectivity index (χ2v) is 6.00. The predicted octanol–water partition coefficient (Wildman–Crippen LogP) is 3.35. The lowest BCUT2D eigenvalue weighted by Gasteiger charge is -2.20. The van der Waals surface area contributed by atoms with Gasteiger partial charge in [0.25, 0.3) is 0 Å². The maximum atomic E-state index is 13.9. The van der Waals surface area contributed by atoms with Gasteiger partial charge in [0.1, 0.15) is 11.6 Å². The highest BCUT2D eigenvalue weighted by atomic mass is 127. The molecular weight excluding hydrogens is 505 g/mol. The number of nitrogens with one attached hydrogen (secondary N) is 2. The first-order chi connectivity index (χ1) is 12.7. The van der Waals surface area contributed by atoms with E-state index in [9.17, 15) is 26.3 Å². The van der Waals surface area contributed by atoms with Gasteiger partial charge in [-0.1, -0.05) is 6.07 Å². The number of rotatable bonds is 6. The molecule has 1 atom stereocenters. The molecule has 1 unspecified atom stereocenters. The van der Waals surface area contributed by atoms with Gasteiger partial charge in [0.15, 0.2) is 5.96 Å². The summed E-state index contributed by atoms with van der Waals surface area (Å²) in [6.45, 7) is -3.80. The summed E-state index contributed by atoms with van der Waals surface area (Å²) >= 11 is 0. The van der Waals surface area contributed by atoms with Crippen molar-refractivity contribution in [3.63, 3.8) is 0 Å². The van der Waals surface area contributed by atoms with E-state index in [2.05, 4.69) is 20.4 Å². The molecule has 1 heterocycles. The van der Waals surface area contributed by atoms with Crippen molar-refractivity contribution >= 4 is 29.9 Å². The molecular formula is C16H21F6IN4O. The minimum Gasteiger partial charge on any atom is -0.434 e. The summed E-state index contributed by atoms with van der Waals surface area (Å²) in [5.74, 6) is -0.807. The van der Waals surface area contributed by atoms with Crippen LogP contribution in [0, 0.1) is 5.82 Å². The third kappa shape index (κ3) is 7.89. The fourth-order valence-corrected chi connectivity index (χ4v) is 2.82. The molecule has 0 aliphatic carbocycles. The Balaban J connectivity index is 0.00000392. The van der Waals surface area contributed by atoms with Crippen molar-refractivity contribution in [3.8, 4) is 5.75 Å². The molecule has 28 heavy (non-hydrogen) atoms. The number of alkyl halides is 5. The molecule has 12 heteroatoms. The van der Waals surface area contributed by atoms with Gasteiger partial charge in [0.05, 0.1) is 6.54 Å². The van der Waals surface area contributed by atoms with Gasteiger partial charge in [-0.15, -0.1) is 24.0 Å². The molecule has 0 bridgehead atoms. The SMILES string of the molecule is CN=C(NCc1c(F)cccc1OC(F)F)NC1CCN(CC(F)(F)F)C1.I. The highest BCUT2D eigenvalue weighted by Crippen LogP contribution is 2.23. The zero-order valence-corrected chi connectivity index (χ0v) is 17.2. The third-order valence-electron chi connectivity index (χ3n) is 3.96. The van der Waals surface area contributed by atoms with Crippen LogP contribution in [0.3, 0.4) is 0 Å². The average molecular weight is 526 g/mol. The van der Waals surface area contributed by atoms with E-state index < -0.39 is 25.1 Å². The van der Waals surface area contributed by atoms with E-state index >= 15 is 0 Å². The highest BCUT2D eigenvalue weighted by molar-refractivity contribution is 14.0. The second kappa shape index (κ2) is 10.9. The van der Waals surface area contributed by atoms with E-state index in [0.717, 1.165) is 6.07 Å². The van der Waals surface area contributed by atoms with Crippen LogP contribution in [0.15, 0.2) is 23.2 Å². The number of hydrogen-bond acceptors (Lipinski definition) is 3. The number of guanidine groups is 1. The van der Waals surface area contributed by atoms with E-state index in [0.29, 0.717) is 6.42 Å². The number of likely N-dealkylation sites (tertiary alicyclic amines) is 1. The summed E-state index contributed by atoms with van der Waals surface area (Å²) in [6, 6.07) is 3.31. The molecule has 0 radical (unpaired) electrons. The van der Waals surface area contributed by atoms with Crippen molar-refractivity contribution in [2.75, 3.05) is 26.7 Å². The third-order valence-corrected chi connectivity index (χ3v) is 3.96. The number of halogens is 7. The van der Waals surface area contributed by atoms with E-state index in [1.165, 1.54) is 24.1 Å². The highest BCUT2D eigenvalue weighted by Gasteiger charge is 2.34. The zero-order chi connectivity index (χ0) is 20.0. The minimum absolute atomic E-state index is 0. The number of nitrogens with zero attached hydrogens (tertiary/aromatic N) is 2. The maximum absolute atomic E-state index is 13.9. The fraction of sp³-hybridized carbons (Fsp3) is 0.562. The van der Waals surface area contributed by atoms with Gasteiger partial charge >= 0.3 is 12.8 Å². The Labute approximate surface area is 175 Å². The molecule has 1 fully saturated rings.